The van der Waals surface area contributed by atoms with Gasteiger partial charge in [-0.05, 0) is 82.9 Å². The Morgan fingerprint density at radius 2 is 1.76 bits per heavy atom. The monoisotopic (exact) mass is 553 g/mol. The van der Waals surface area contributed by atoms with Crippen LogP contribution in [0.4, 0.5) is 5.69 Å². The van der Waals surface area contributed by atoms with Crippen LogP contribution in [0.5, 0.6) is 0 Å². The number of esters is 1. The largest absolute Gasteiger partial charge is 0.456 e. The van der Waals surface area contributed by atoms with E-state index in [-0.39, 0.29) is 12.1 Å². The van der Waals surface area contributed by atoms with E-state index in [4.69, 9.17) is 32.7 Å². The molecule has 0 radical (unpaired) electrons. The summed E-state index contributed by atoms with van der Waals surface area (Å²) in [6.45, 7) is 7.03. The zero-order valence-electron chi connectivity index (χ0n) is 22.0. The van der Waals surface area contributed by atoms with Crippen LogP contribution < -0.4 is 4.90 Å². The van der Waals surface area contributed by atoms with Crippen molar-refractivity contribution in [3.8, 4) is 11.1 Å². The van der Waals surface area contributed by atoms with Crippen molar-refractivity contribution in [3.63, 3.8) is 0 Å². The summed E-state index contributed by atoms with van der Waals surface area (Å²) in [6, 6.07) is 13.8. The van der Waals surface area contributed by atoms with Crippen LogP contribution in [0.3, 0.4) is 0 Å². The maximum atomic E-state index is 12.4. The van der Waals surface area contributed by atoms with Gasteiger partial charge in [0.2, 0.25) is 0 Å². The number of carbonyl (C=O) groups excluding carboxylic acids is 1. The molecular formula is C30H33Cl2N3O3. The van der Waals surface area contributed by atoms with Gasteiger partial charge in [-0.2, -0.15) is 5.10 Å². The predicted molar refractivity (Wildman–Crippen MR) is 150 cm³/mol. The predicted octanol–water partition coefficient (Wildman–Crippen LogP) is 7.40. The fourth-order valence-corrected chi connectivity index (χ4v) is 6.50. The zero-order chi connectivity index (χ0) is 26.6. The summed E-state index contributed by atoms with van der Waals surface area (Å²) in [7, 11) is 0. The smallest absolute Gasteiger partial charge is 0.338 e. The normalized spacial score (nSPS) is 22.8. The number of benzene rings is 2. The van der Waals surface area contributed by atoms with Gasteiger partial charge in [-0.25, -0.2) is 4.79 Å². The highest BCUT2D eigenvalue weighted by Crippen LogP contribution is 2.48. The second-order valence-corrected chi connectivity index (χ2v) is 12.6. The molecule has 3 aliphatic rings. The molecule has 0 unspecified atom stereocenters. The Morgan fingerprint density at radius 3 is 2.37 bits per heavy atom. The van der Waals surface area contributed by atoms with Crippen molar-refractivity contribution in [3.05, 3.63) is 69.5 Å². The van der Waals surface area contributed by atoms with E-state index in [0.29, 0.717) is 40.1 Å². The van der Waals surface area contributed by atoms with Crippen molar-refractivity contribution in [2.75, 3.05) is 11.4 Å². The molecule has 2 saturated carbocycles. The number of piperidine rings is 1. The Bertz CT molecular complexity index is 1320. The SMILES string of the molecule is CC(C)(C)OC(=O)c1ccc(N2C[C@@H]3C[C@H]2C[C@H]3OCc2[nH]nc(C3CC3)c2-c2c(Cl)cccc2Cl)cc1. The number of aromatic nitrogens is 2. The van der Waals surface area contributed by atoms with Crippen LogP contribution in [0.2, 0.25) is 10.0 Å². The first kappa shape index (κ1) is 25.7. The van der Waals surface area contributed by atoms with E-state index < -0.39 is 5.60 Å². The molecule has 1 saturated heterocycles. The van der Waals surface area contributed by atoms with Gasteiger partial charge in [-0.1, -0.05) is 29.3 Å². The number of nitrogens with zero attached hydrogens (tertiary/aromatic N) is 2. The summed E-state index contributed by atoms with van der Waals surface area (Å²) >= 11 is 13.2. The topological polar surface area (TPSA) is 67.4 Å². The van der Waals surface area contributed by atoms with Crippen molar-refractivity contribution in [2.24, 2.45) is 5.92 Å². The summed E-state index contributed by atoms with van der Waals surface area (Å²) in [5, 5.41) is 9.17. The molecule has 2 aromatic carbocycles. The first-order valence-corrected chi connectivity index (χ1v) is 14.2. The molecule has 200 valence electrons. The van der Waals surface area contributed by atoms with E-state index in [1.807, 2.05) is 63.2 Å². The number of hydrogen-bond donors (Lipinski definition) is 1. The first-order chi connectivity index (χ1) is 18.2. The van der Waals surface area contributed by atoms with Crippen LogP contribution in [-0.4, -0.2) is 40.5 Å². The molecule has 1 aliphatic heterocycles. The van der Waals surface area contributed by atoms with Crippen LogP contribution in [0.25, 0.3) is 11.1 Å². The standard InChI is InChI=1S/C30H33Cl2N3O3/c1-30(2,3)38-29(36)18-9-11-20(12-10-18)35-15-19-13-21(35)14-25(19)37-16-24-27(28(34-33-24)17-7-8-17)26-22(31)5-4-6-23(26)32/h4-6,9-12,17,19,21,25H,7-8,13-16H2,1-3H3,(H,33,34)/t19-,21-,25+/m0/s1. The van der Waals surface area contributed by atoms with Crippen LogP contribution in [0.1, 0.15) is 74.1 Å². The molecule has 3 aromatic rings. The van der Waals surface area contributed by atoms with Gasteiger partial charge in [0, 0.05) is 41.2 Å². The molecule has 0 amide bonds. The van der Waals surface area contributed by atoms with Gasteiger partial charge in [0.05, 0.1) is 39.7 Å². The van der Waals surface area contributed by atoms with Crippen molar-refractivity contribution < 1.29 is 14.3 Å². The molecule has 1 aromatic heterocycles. The zero-order valence-corrected chi connectivity index (χ0v) is 23.5. The third-order valence-electron chi connectivity index (χ3n) is 7.80. The number of aromatic amines is 1. The number of H-pyrrole nitrogens is 1. The van der Waals surface area contributed by atoms with Gasteiger partial charge in [0.25, 0.3) is 0 Å². The second kappa shape index (κ2) is 9.89. The molecule has 3 fully saturated rings. The third-order valence-corrected chi connectivity index (χ3v) is 8.43. The quantitative estimate of drug-likeness (QED) is 0.308. The maximum absolute atomic E-state index is 12.4. The minimum absolute atomic E-state index is 0.194. The summed E-state index contributed by atoms with van der Waals surface area (Å²) in [6.07, 6.45) is 4.56. The van der Waals surface area contributed by atoms with Crippen molar-refractivity contribution in [1.29, 1.82) is 0 Å². The molecule has 2 heterocycles. The average Bonchev–Trinajstić information content (AvgIpc) is 3.32. The number of hydrogen-bond acceptors (Lipinski definition) is 5. The fourth-order valence-electron chi connectivity index (χ4n) is 5.91. The number of anilines is 1. The van der Waals surface area contributed by atoms with E-state index in [1.54, 1.807) is 0 Å². The van der Waals surface area contributed by atoms with E-state index in [9.17, 15) is 4.79 Å². The number of ether oxygens (including phenoxy) is 2. The number of carbonyl (C=O) groups is 1. The summed E-state index contributed by atoms with van der Waals surface area (Å²) < 4.78 is 12.0. The highest BCUT2D eigenvalue weighted by molar-refractivity contribution is 6.39. The molecule has 6 nitrogen and oxygen atoms in total. The third kappa shape index (κ3) is 5.06. The van der Waals surface area contributed by atoms with Crippen LogP contribution >= 0.6 is 23.2 Å². The van der Waals surface area contributed by atoms with E-state index in [0.717, 1.165) is 60.4 Å². The Hall–Kier alpha value is -2.54. The lowest BCUT2D eigenvalue weighted by Crippen LogP contribution is -2.38. The summed E-state index contributed by atoms with van der Waals surface area (Å²) in [5.41, 5.74) is 5.06. The Kier molecular flexibility index (Phi) is 6.69. The molecule has 1 N–H and O–H groups in total. The molecule has 0 spiro atoms. The van der Waals surface area contributed by atoms with E-state index >= 15 is 0 Å². The lowest BCUT2D eigenvalue weighted by Gasteiger charge is -2.33. The molecule has 6 rings (SSSR count). The lowest BCUT2D eigenvalue weighted by atomic mass is 10.0. The van der Waals surface area contributed by atoms with Gasteiger partial charge in [-0.15, -0.1) is 0 Å². The van der Waals surface area contributed by atoms with Gasteiger partial charge in [-0.3, -0.25) is 5.10 Å². The summed E-state index contributed by atoms with van der Waals surface area (Å²) in [5.74, 6) is 0.630. The number of rotatable bonds is 7. The van der Waals surface area contributed by atoms with Crippen molar-refractivity contribution in [2.45, 2.75) is 76.7 Å². The number of nitrogens with one attached hydrogen (secondary N) is 1. The van der Waals surface area contributed by atoms with Crippen LogP contribution in [0, 0.1) is 5.92 Å². The van der Waals surface area contributed by atoms with Crippen LogP contribution in [0.15, 0.2) is 42.5 Å². The number of fused-ring (bicyclic) bond motifs is 2. The lowest BCUT2D eigenvalue weighted by molar-refractivity contribution is 0.00695. The molecule has 3 atom stereocenters. The van der Waals surface area contributed by atoms with Crippen molar-refractivity contribution in [1.82, 2.24) is 10.2 Å². The second-order valence-electron chi connectivity index (χ2n) is 11.8. The highest BCUT2D eigenvalue weighted by Gasteiger charge is 2.45. The average molecular weight is 555 g/mol. The van der Waals surface area contributed by atoms with Crippen molar-refractivity contribution >= 4 is 34.9 Å². The Balaban J connectivity index is 1.12. The van der Waals surface area contributed by atoms with E-state index in [2.05, 4.69) is 15.1 Å². The summed E-state index contributed by atoms with van der Waals surface area (Å²) in [4.78, 5) is 14.8. The Morgan fingerprint density at radius 1 is 1.05 bits per heavy atom. The minimum Gasteiger partial charge on any atom is -0.456 e. The van der Waals surface area contributed by atoms with E-state index in [1.165, 1.54) is 0 Å². The van der Waals surface area contributed by atoms with Crippen LogP contribution in [-0.2, 0) is 16.1 Å². The van der Waals surface area contributed by atoms with Gasteiger partial charge in [0.1, 0.15) is 5.60 Å². The first-order valence-electron chi connectivity index (χ1n) is 13.4. The van der Waals surface area contributed by atoms with Gasteiger partial charge < -0.3 is 14.4 Å². The van der Waals surface area contributed by atoms with Gasteiger partial charge >= 0.3 is 5.97 Å². The van der Waals surface area contributed by atoms with Gasteiger partial charge in [0.15, 0.2) is 0 Å². The highest BCUT2D eigenvalue weighted by atomic mass is 35.5. The molecule has 2 aliphatic carbocycles. The molecular weight excluding hydrogens is 521 g/mol. The number of halogens is 2. The molecule has 8 heteroatoms. The fraction of sp³-hybridized carbons (Fsp3) is 0.467. The maximum Gasteiger partial charge on any atom is 0.338 e. The molecule has 38 heavy (non-hydrogen) atoms. The minimum atomic E-state index is -0.505. The molecule has 2 bridgehead atoms. The Labute approximate surface area is 233 Å².